The second-order valence-corrected chi connectivity index (χ2v) is 15.1. The molecule has 0 saturated heterocycles. The number of aryl methyl sites for hydroxylation is 2. The number of azo groups is 3. The summed E-state index contributed by atoms with van der Waals surface area (Å²) in [7, 11) is -6.58. The summed E-state index contributed by atoms with van der Waals surface area (Å²) in [5, 5.41) is 30.2. The monoisotopic (exact) mass is 829 g/mol. The first-order valence-electron chi connectivity index (χ1n) is 16.7. The van der Waals surface area contributed by atoms with Crippen molar-refractivity contribution in [1.29, 1.82) is 0 Å². The van der Waals surface area contributed by atoms with Gasteiger partial charge >= 0.3 is 0 Å². The molecule has 21 heteroatoms. The van der Waals surface area contributed by atoms with E-state index in [0.29, 0.717) is 45.2 Å². The third-order valence-electron chi connectivity index (χ3n) is 8.04. The van der Waals surface area contributed by atoms with Crippen molar-refractivity contribution in [3.05, 3.63) is 102 Å². The first-order chi connectivity index (χ1) is 27.4. The molecule has 5 aromatic carbocycles. The molecular formula is C37H35N9O10S2. The van der Waals surface area contributed by atoms with Gasteiger partial charge in [-0.1, -0.05) is 0 Å². The zero-order valence-electron chi connectivity index (χ0n) is 31.3. The van der Waals surface area contributed by atoms with Gasteiger partial charge in [-0.15, -0.1) is 15.3 Å². The van der Waals surface area contributed by atoms with Crippen LogP contribution in [0.25, 0.3) is 0 Å². The van der Waals surface area contributed by atoms with Crippen molar-refractivity contribution in [3.8, 4) is 11.5 Å². The van der Waals surface area contributed by atoms with Gasteiger partial charge in [0, 0.05) is 30.3 Å². The summed E-state index contributed by atoms with van der Waals surface area (Å²) in [4.78, 5) is 23.8. The number of rotatable bonds is 13. The van der Waals surface area contributed by atoms with Gasteiger partial charge in [-0.05, 0) is 97.8 Å². The van der Waals surface area contributed by atoms with E-state index < -0.39 is 35.9 Å². The Labute approximate surface area is 332 Å². The Bertz CT molecular complexity index is 2720. The predicted molar refractivity (Wildman–Crippen MR) is 214 cm³/mol. The van der Waals surface area contributed by atoms with Crippen molar-refractivity contribution < 1.29 is 45.0 Å². The summed E-state index contributed by atoms with van der Waals surface area (Å²) >= 11 is 0. The van der Waals surface area contributed by atoms with Crippen LogP contribution in [0.1, 0.15) is 28.4 Å². The average Bonchev–Trinajstić information content (AvgIpc) is 3.16. The molecule has 0 spiro atoms. The molecule has 0 unspecified atom stereocenters. The molecule has 0 fully saturated rings. The van der Waals surface area contributed by atoms with Crippen LogP contribution in [0.3, 0.4) is 0 Å². The number of nitrogens with one attached hydrogen (secondary N) is 2. The maximum absolute atomic E-state index is 12.8. The zero-order chi connectivity index (χ0) is 42.4. The molecule has 0 atom stereocenters. The number of nitrogens with two attached hydrogens (primary N) is 1. The van der Waals surface area contributed by atoms with Gasteiger partial charge in [-0.2, -0.15) is 32.2 Å². The first kappa shape index (κ1) is 42.2. The lowest BCUT2D eigenvalue weighted by molar-refractivity contribution is -0.114. The van der Waals surface area contributed by atoms with Gasteiger partial charge in [-0.3, -0.25) is 18.7 Å². The van der Waals surface area contributed by atoms with Crippen LogP contribution in [0.5, 0.6) is 11.5 Å². The third-order valence-corrected chi connectivity index (χ3v) is 9.79. The molecule has 0 heterocycles. The lowest BCUT2D eigenvalue weighted by atomic mass is 10.1. The highest BCUT2D eigenvalue weighted by Crippen LogP contribution is 2.41. The minimum Gasteiger partial charge on any atom is -0.494 e. The number of carbonyl (C=O) groups is 2. The van der Waals surface area contributed by atoms with E-state index in [0.717, 1.165) is 24.3 Å². The summed E-state index contributed by atoms with van der Waals surface area (Å²) in [6.45, 7) is 4.65. The van der Waals surface area contributed by atoms with Crippen LogP contribution in [0.15, 0.2) is 125 Å². The molecule has 0 bridgehead atoms. The Balaban J connectivity index is 1.44. The summed E-state index contributed by atoms with van der Waals surface area (Å²) in [6, 6.07) is 19.5. The van der Waals surface area contributed by atoms with Crippen LogP contribution in [0.2, 0.25) is 0 Å². The first-order valence-corrected chi connectivity index (χ1v) is 19.5. The van der Waals surface area contributed by atoms with Crippen molar-refractivity contribution in [1.82, 2.24) is 0 Å². The van der Waals surface area contributed by atoms with Crippen LogP contribution in [0.4, 0.5) is 51.2 Å². The Morgan fingerprint density at radius 3 is 1.72 bits per heavy atom. The smallest absolute Gasteiger partial charge is 0.296 e. The average molecular weight is 830 g/mol. The molecule has 0 radical (unpaired) electrons. The number of hydrogen-bond donors (Lipinski definition) is 5. The summed E-state index contributed by atoms with van der Waals surface area (Å²) in [5.74, 6) is -0.378. The maximum atomic E-state index is 12.8. The van der Waals surface area contributed by atoms with Gasteiger partial charge in [0.1, 0.15) is 33.5 Å². The van der Waals surface area contributed by atoms with E-state index in [1.54, 1.807) is 56.3 Å². The summed E-state index contributed by atoms with van der Waals surface area (Å²) < 4.78 is 78.0. The van der Waals surface area contributed by atoms with E-state index in [2.05, 4.69) is 41.3 Å². The standard InChI is InChI=1S/C37H35N9O10S2/c1-20-14-31(40-37(48)23-6-8-24(38)9-7-23)34(55-4)17-27(20)42-45-32-15-21(2)28(18-35(32)56-5)43-46-33-16-29(39-22(3)47)30(19-36(33)58(52,53)54)44-41-25-10-12-26(13-11-25)57(49,50)51/h6-19H,38H2,1-5H3,(H,39,47)(H,40,48)(H,49,50,51)(H,52,53,54). The number of anilines is 3. The molecule has 0 saturated carbocycles. The molecule has 6 N–H and O–H groups in total. The van der Waals surface area contributed by atoms with E-state index >= 15 is 0 Å². The molecule has 0 aromatic heterocycles. The van der Waals surface area contributed by atoms with E-state index in [1.807, 2.05) is 0 Å². The van der Waals surface area contributed by atoms with Gasteiger partial charge in [0.2, 0.25) is 5.91 Å². The fourth-order valence-corrected chi connectivity index (χ4v) is 6.22. The van der Waals surface area contributed by atoms with Crippen LogP contribution in [-0.2, 0) is 25.0 Å². The SMILES string of the molecule is COc1cc(N=Nc2cc(NC(C)=O)c(N=Nc3ccc(S(=O)(=O)O)cc3)cc2S(=O)(=O)O)c(C)cc1N=Nc1cc(OC)c(NC(=O)c2ccc(N)cc2)cc1C. The van der Waals surface area contributed by atoms with Crippen molar-refractivity contribution in [2.24, 2.45) is 30.7 Å². The zero-order valence-corrected chi connectivity index (χ0v) is 33.0. The number of amides is 2. The van der Waals surface area contributed by atoms with Crippen LogP contribution >= 0.6 is 0 Å². The molecule has 0 aliphatic heterocycles. The number of carbonyl (C=O) groups excluding carboxylic acids is 2. The van der Waals surface area contributed by atoms with Crippen molar-refractivity contribution in [2.45, 2.75) is 30.6 Å². The molecule has 58 heavy (non-hydrogen) atoms. The minimum absolute atomic E-state index is 0.0543. The molecule has 300 valence electrons. The topological polar surface area (TPSA) is 286 Å². The fraction of sp³-hybridized carbons (Fsp3) is 0.135. The number of nitrogens with zero attached hydrogens (tertiary/aromatic N) is 6. The van der Waals surface area contributed by atoms with Crippen molar-refractivity contribution in [2.75, 3.05) is 30.6 Å². The highest BCUT2D eigenvalue weighted by Gasteiger charge is 2.21. The van der Waals surface area contributed by atoms with Gasteiger partial charge in [-0.25, -0.2) is 0 Å². The number of methoxy groups -OCH3 is 2. The Kier molecular flexibility index (Phi) is 12.7. The molecular weight excluding hydrogens is 795 g/mol. The second-order valence-electron chi connectivity index (χ2n) is 12.3. The molecule has 5 rings (SSSR count). The van der Waals surface area contributed by atoms with Gasteiger partial charge in [0.25, 0.3) is 26.1 Å². The lowest BCUT2D eigenvalue weighted by Gasteiger charge is -2.13. The Morgan fingerprint density at radius 2 is 1.16 bits per heavy atom. The van der Waals surface area contributed by atoms with Gasteiger partial charge < -0.3 is 25.8 Å². The highest BCUT2D eigenvalue weighted by atomic mass is 32.2. The largest absolute Gasteiger partial charge is 0.494 e. The number of benzene rings is 5. The molecule has 0 aliphatic rings. The van der Waals surface area contributed by atoms with Crippen LogP contribution < -0.4 is 25.8 Å². The van der Waals surface area contributed by atoms with E-state index in [1.165, 1.54) is 39.3 Å². The predicted octanol–water partition coefficient (Wildman–Crippen LogP) is 8.85. The van der Waals surface area contributed by atoms with Crippen molar-refractivity contribution >= 4 is 83.2 Å². The second kappa shape index (κ2) is 17.5. The van der Waals surface area contributed by atoms with Crippen LogP contribution in [0, 0.1) is 13.8 Å². The minimum atomic E-state index is -4.95. The lowest BCUT2D eigenvalue weighted by Crippen LogP contribution is -2.12. The van der Waals surface area contributed by atoms with E-state index in [-0.39, 0.29) is 40.1 Å². The molecule has 19 nitrogen and oxygen atoms in total. The third kappa shape index (κ3) is 10.5. The number of nitrogen functional groups attached to an aromatic ring is 1. The Hall–Kier alpha value is -6.94. The quantitative estimate of drug-likeness (QED) is 0.0424. The Morgan fingerprint density at radius 1 is 0.603 bits per heavy atom. The van der Waals surface area contributed by atoms with Crippen LogP contribution in [-0.4, -0.2) is 52.0 Å². The number of ether oxygens (including phenoxy) is 2. The summed E-state index contributed by atoms with van der Waals surface area (Å²) in [5.41, 5.74) is 8.65. The summed E-state index contributed by atoms with van der Waals surface area (Å²) in [6.07, 6.45) is 0. The molecule has 0 aliphatic carbocycles. The normalized spacial score (nSPS) is 12.0. The maximum Gasteiger partial charge on any atom is 0.296 e. The van der Waals surface area contributed by atoms with Crippen molar-refractivity contribution in [3.63, 3.8) is 0 Å². The van der Waals surface area contributed by atoms with Gasteiger partial charge in [0.05, 0.1) is 47.6 Å². The number of hydrogen-bond acceptors (Lipinski definition) is 15. The molecule has 2 amide bonds. The van der Waals surface area contributed by atoms with E-state index in [4.69, 9.17) is 15.2 Å². The fourth-order valence-electron chi connectivity index (χ4n) is 5.12. The van der Waals surface area contributed by atoms with Gasteiger partial charge in [0.15, 0.2) is 0 Å². The van der Waals surface area contributed by atoms with E-state index in [9.17, 15) is 35.5 Å². The molecule has 5 aromatic rings. The highest BCUT2D eigenvalue weighted by molar-refractivity contribution is 7.86.